The van der Waals surface area contributed by atoms with Gasteiger partial charge in [-0.25, -0.2) is 0 Å². The number of hydrogen-bond donors (Lipinski definition) is 0. The molecule has 0 amide bonds. The van der Waals surface area contributed by atoms with Crippen LogP contribution in [0, 0.1) is 0 Å². The van der Waals surface area contributed by atoms with Crippen LogP contribution >= 0.6 is 0 Å². The van der Waals surface area contributed by atoms with Crippen molar-refractivity contribution in [3.05, 3.63) is 0 Å². The zero-order valence-corrected chi connectivity index (χ0v) is 10.3. The van der Waals surface area contributed by atoms with Crippen LogP contribution in [0.5, 0.6) is 0 Å². The molecule has 1 atom stereocenters. The molecule has 0 aromatic carbocycles. The van der Waals surface area contributed by atoms with Gasteiger partial charge in [0.15, 0.2) is 0 Å². The summed E-state index contributed by atoms with van der Waals surface area (Å²) >= 11 is 2.55. The van der Waals surface area contributed by atoms with Gasteiger partial charge in [0.1, 0.15) is 0 Å². The molecule has 0 aromatic heterocycles. The van der Waals surface area contributed by atoms with E-state index in [-0.39, 0.29) is 0 Å². The second-order valence-electron chi connectivity index (χ2n) is 2.14. The van der Waals surface area contributed by atoms with Crippen LogP contribution in [0.4, 0.5) is 0 Å². The van der Waals surface area contributed by atoms with Crippen molar-refractivity contribution in [1.29, 1.82) is 0 Å². The van der Waals surface area contributed by atoms with Crippen LogP contribution in [0.1, 0.15) is 13.3 Å². The van der Waals surface area contributed by atoms with Gasteiger partial charge in [-0.1, -0.05) is 0 Å². The molecule has 0 N–H and O–H groups in total. The van der Waals surface area contributed by atoms with Crippen molar-refractivity contribution in [2.24, 2.45) is 0 Å². The van der Waals surface area contributed by atoms with E-state index in [9.17, 15) is 0 Å². The standard InChI is InChI=1S/C6H16O3SeSi/c1-5-6(10)11(7-2,8-3)9-4/h6,10H,5H2,1-4H3. The summed E-state index contributed by atoms with van der Waals surface area (Å²) in [6.07, 6.45) is 0.988. The first-order valence-electron chi connectivity index (χ1n) is 3.50. The van der Waals surface area contributed by atoms with Gasteiger partial charge in [-0.2, -0.15) is 0 Å². The minimum absolute atomic E-state index is 0.301. The molecular formula is C6H16O3SeSi. The number of rotatable bonds is 5. The molecular weight excluding hydrogens is 227 g/mol. The summed E-state index contributed by atoms with van der Waals surface area (Å²) in [5.41, 5.74) is 0. The summed E-state index contributed by atoms with van der Waals surface area (Å²) in [6, 6.07) is 0. The Morgan fingerprint density at radius 2 is 1.55 bits per heavy atom. The maximum absolute atomic E-state index is 5.27. The Labute approximate surface area is 77.6 Å². The van der Waals surface area contributed by atoms with Crippen LogP contribution in [0.15, 0.2) is 0 Å². The average molecular weight is 243 g/mol. The molecule has 68 valence electrons. The molecule has 0 aromatic rings. The molecule has 0 heterocycles. The Kier molecular flexibility index (Phi) is 5.59. The molecule has 0 radical (unpaired) electrons. The van der Waals surface area contributed by atoms with Gasteiger partial charge < -0.3 is 0 Å². The third-order valence-corrected chi connectivity index (χ3v) is 7.34. The van der Waals surface area contributed by atoms with Crippen molar-refractivity contribution in [3.63, 3.8) is 0 Å². The molecule has 5 heteroatoms. The van der Waals surface area contributed by atoms with Crippen molar-refractivity contribution < 1.29 is 13.3 Å². The Bertz CT molecular complexity index is 99.7. The SMILES string of the molecule is CCC([SeH])[Si](OC)(OC)OC. The summed E-state index contributed by atoms with van der Waals surface area (Å²) in [7, 11) is 2.55. The van der Waals surface area contributed by atoms with Crippen LogP contribution in [-0.2, 0) is 13.3 Å². The van der Waals surface area contributed by atoms with Gasteiger partial charge in [-0.3, -0.25) is 0 Å². The molecule has 11 heavy (non-hydrogen) atoms. The van der Waals surface area contributed by atoms with Gasteiger partial charge in [-0.05, 0) is 0 Å². The topological polar surface area (TPSA) is 27.7 Å². The quantitative estimate of drug-likeness (QED) is 0.658. The van der Waals surface area contributed by atoms with E-state index in [4.69, 9.17) is 13.3 Å². The van der Waals surface area contributed by atoms with Crippen LogP contribution in [0.2, 0.25) is 4.44 Å². The van der Waals surface area contributed by atoms with Gasteiger partial charge in [0.25, 0.3) is 0 Å². The van der Waals surface area contributed by atoms with E-state index in [0.717, 1.165) is 6.42 Å². The Balaban J connectivity index is 4.26. The zero-order valence-electron chi connectivity index (χ0n) is 7.46. The molecule has 0 aliphatic heterocycles. The molecule has 0 aliphatic carbocycles. The third-order valence-electron chi connectivity index (χ3n) is 1.65. The summed E-state index contributed by atoms with van der Waals surface area (Å²) < 4.78 is 16.1. The summed E-state index contributed by atoms with van der Waals surface area (Å²) in [4.78, 5) is 0. The predicted molar refractivity (Wildman–Crippen MR) is 48.0 cm³/mol. The van der Waals surface area contributed by atoms with Gasteiger partial charge in [0.2, 0.25) is 0 Å². The molecule has 0 spiro atoms. The number of hydrogen-bond acceptors (Lipinski definition) is 3. The Hall–Kier alpha value is 0.616. The fourth-order valence-electron chi connectivity index (χ4n) is 0.908. The van der Waals surface area contributed by atoms with Crippen molar-refractivity contribution in [2.45, 2.75) is 17.8 Å². The Morgan fingerprint density at radius 1 is 1.18 bits per heavy atom. The molecule has 0 fully saturated rings. The molecule has 0 bridgehead atoms. The molecule has 3 nitrogen and oxygen atoms in total. The minimum atomic E-state index is -2.35. The molecule has 0 saturated carbocycles. The van der Waals surface area contributed by atoms with E-state index in [1.807, 2.05) is 0 Å². The van der Waals surface area contributed by atoms with Crippen molar-refractivity contribution in [3.8, 4) is 0 Å². The first kappa shape index (κ1) is 11.6. The third kappa shape index (κ3) is 2.54. The molecule has 0 saturated heterocycles. The van der Waals surface area contributed by atoms with Crippen LogP contribution in [-0.4, -0.2) is 46.1 Å². The summed E-state index contributed by atoms with van der Waals surface area (Å²) in [6.45, 7) is 2.09. The second-order valence-corrected chi connectivity index (χ2v) is 7.63. The second kappa shape index (κ2) is 5.30. The first-order valence-corrected chi connectivity index (χ1v) is 6.38. The van der Waals surface area contributed by atoms with Crippen LogP contribution < -0.4 is 0 Å². The van der Waals surface area contributed by atoms with E-state index in [0.29, 0.717) is 4.44 Å². The van der Waals surface area contributed by atoms with Crippen molar-refractivity contribution in [2.75, 3.05) is 21.3 Å². The van der Waals surface area contributed by atoms with Crippen molar-refractivity contribution in [1.82, 2.24) is 0 Å². The zero-order chi connectivity index (χ0) is 8.91. The molecule has 1 unspecified atom stereocenters. The van der Waals surface area contributed by atoms with Crippen LogP contribution in [0.25, 0.3) is 0 Å². The maximum atomic E-state index is 5.27. The Morgan fingerprint density at radius 3 is 1.64 bits per heavy atom. The predicted octanol–water partition coefficient (Wildman–Crippen LogP) is 0.503. The van der Waals surface area contributed by atoms with Gasteiger partial charge in [0, 0.05) is 0 Å². The first-order chi connectivity index (χ1) is 5.16. The van der Waals surface area contributed by atoms with Gasteiger partial charge in [-0.15, -0.1) is 0 Å². The van der Waals surface area contributed by atoms with E-state index >= 15 is 0 Å². The van der Waals surface area contributed by atoms with Gasteiger partial charge >= 0.3 is 77.2 Å². The van der Waals surface area contributed by atoms with E-state index in [1.165, 1.54) is 0 Å². The van der Waals surface area contributed by atoms with Crippen molar-refractivity contribution >= 4 is 24.8 Å². The van der Waals surface area contributed by atoms with E-state index < -0.39 is 8.80 Å². The summed E-state index contributed by atoms with van der Waals surface area (Å²) in [5, 5.41) is 0. The monoisotopic (exact) mass is 244 g/mol. The van der Waals surface area contributed by atoms with Crippen LogP contribution in [0.3, 0.4) is 0 Å². The average Bonchev–Trinajstić information content (AvgIpc) is 2.08. The molecule has 0 aliphatic rings. The molecule has 0 rings (SSSR count). The van der Waals surface area contributed by atoms with Gasteiger partial charge in [0.05, 0.1) is 0 Å². The fourth-order valence-corrected chi connectivity index (χ4v) is 4.71. The van der Waals surface area contributed by atoms with E-state index in [1.54, 1.807) is 21.3 Å². The normalized spacial score (nSPS) is 15.0. The fraction of sp³-hybridized carbons (Fsp3) is 1.00. The summed E-state index contributed by atoms with van der Waals surface area (Å²) in [5.74, 6) is 0. The van der Waals surface area contributed by atoms with E-state index in [2.05, 4.69) is 22.9 Å².